The number of rotatable bonds is 4. The Bertz CT molecular complexity index is 535. The van der Waals surface area contributed by atoms with Crippen molar-refractivity contribution in [3.05, 3.63) is 17.5 Å². The summed E-state index contributed by atoms with van der Waals surface area (Å²) in [6.45, 7) is 5.17. The van der Waals surface area contributed by atoms with Crippen molar-refractivity contribution in [2.75, 3.05) is 70.3 Å². The summed E-state index contributed by atoms with van der Waals surface area (Å²) in [7, 11) is 6.31. The Morgan fingerprint density at radius 3 is 2.60 bits per heavy atom. The molecule has 0 aliphatic carbocycles. The topological polar surface area (TPSA) is 34.1 Å². The Labute approximate surface area is 177 Å². The lowest BCUT2D eigenvalue weighted by molar-refractivity contribution is 0.181. The molecule has 5 nitrogen and oxygen atoms in total. The van der Waals surface area contributed by atoms with Crippen molar-refractivity contribution in [3.8, 4) is 0 Å². The van der Waals surface area contributed by atoms with Crippen LogP contribution in [-0.2, 0) is 0 Å². The van der Waals surface area contributed by atoms with Gasteiger partial charge >= 0.3 is 0 Å². The molecule has 2 aliphatic rings. The number of guanidine groups is 1. The molecule has 1 aromatic heterocycles. The number of piperazine rings is 1. The predicted octanol–water partition coefficient (Wildman–Crippen LogP) is 2.50. The molecule has 1 aromatic rings. The standard InChI is InChI=1S/C17H29N5S2.HI/c1-18-16(19-13-17(20(2)3)6-12-23-14-17)22-9-7-21(8-10-22)15-5-4-11-24-15;/h4-5,11H,6-10,12-14H2,1-3H3,(H,18,19);1H. The normalized spacial score (nSPS) is 24.6. The average Bonchev–Trinajstić information content (AvgIpc) is 3.28. The Balaban J connectivity index is 0.00000225. The van der Waals surface area contributed by atoms with Gasteiger partial charge in [-0.25, -0.2) is 0 Å². The molecule has 1 atom stereocenters. The first kappa shape index (κ1) is 21.1. The highest BCUT2D eigenvalue weighted by Crippen LogP contribution is 2.31. The molecule has 8 heteroatoms. The van der Waals surface area contributed by atoms with Gasteiger partial charge in [0.1, 0.15) is 0 Å². The van der Waals surface area contributed by atoms with E-state index in [1.807, 2.05) is 18.4 Å². The van der Waals surface area contributed by atoms with Crippen molar-refractivity contribution in [1.82, 2.24) is 15.1 Å². The first-order valence-corrected chi connectivity index (χ1v) is 10.7. The molecule has 25 heavy (non-hydrogen) atoms. The van der Waals surface area contributed by atoms with Crippen LogP contribution in [-0.4, -0.2) is 86.7 Å². The van der Waals surface area contributed by atoms with Crippen LogP contribution >= 0.6 is 47.1 Å². The van der Waals surface area contributed by atoms with Crippen LogP contribution in [0.25, 0.3) is 0 Å². The van der Waals surface area contributed by atoms with Crippen molar-refractivity contribution < 1.29 is 0 Å². The Morgan fingerprint density at radius 2 is 2.08 bits per heavy atom. The minimum absolute atomic E-state index is 0. The maximum atomic E-state index is 4.54. The molecular formula is C17H30IN5S2. The zero-order valence-corrected chi connectivity index (χ0v) is 19.4. The highest BCUT2D eigenvalue weighted by Gasteiger charge is 2.37. The maximum Gasteiger partial charge on any atom is 0.193 e. The second-order valence-electron chi connectivity index (χ2n) is 6.75. The minimum atomic E-state index is 0. The molecule has 3 rings (SSSR count). The fraction of sp³-hybridized carbons (Fsp3) is 0.706. The lowest BCUT2D eigenvalue weighted by Gasteiger charge is -2.40. The number of aliphatic imine (C=N–C) groups is 1. The van der Waals surface area contributed by atoms with Crippen molar-refractivity contribution >= 4 is 58.0 Å². The van der Waals surface area contributed by atoms with Crippen LogP contribution in [0, 0.1) is 0 Å². The molecule has 3 heterocycles. The molecule has 142 valence electrons. The van der Waals surface area contributed by atoms with E-state index in [-0.39, 0.29) is 29.5 Å². The van der Waals surface area contributed by atoms with Gasteiger partial charge in [0.15, 0.2) is 5.96 Å². The summed E-state index contributed by atoms with van der Waals surface area (Å²) in [5.41, 5.74) is 0.263. The van der Waals surface area contributed by atoms with Crippen molar-refractivity contribution in [2.24, 2.45) is 4.99 Å². The number of thiophene rings is 1. The third-order valence-electron chi connectivity index (χ3n) is 5.22. The van der Waals surface area contributed by atoms with E-state index in [9.17, 15) is 0 Å². The molecule has 1 N–H and O–H groups in total. The smallest absolute Gasteiger partial charge is 0.193 e. The van der Waals surface area contributed by atoms with Gasteiger partial charge in [0.05, 0.1) is 5.00 Å². The van der Waals surface area contributed by atoms with E-state index in [1.54, 1.807) is 0 Å². The number of anilines is 1. The number of nitrogens with one attached hydrogen (secondary N) is 1. The van der Waals surface area contributed by atoms with Crippen molar-refractivity contribution in [1.29, 1.82) is 0 Å². The molecule has 0 saturated carbocycles. The zero-order chi connectivity index (χ0) is 17.0. The van der Waals surface area contributed by atoms with Gasteiger partial charge in [0.25, 0.3) is 0 Å². The van der Waals surface area contributed by atoms with Crippen LogP contribution < -0.4 is 10.2 Å². The van der Waals surface area contributed by atoms with Crippen LogP contribution in [0.15, 0.2) is 22.5 Å². The summed E-state index contributed by atoms with van der Waals surface area (Å²) in [6, 6.07) is 4.35. The van der Waals surface area contributed by atoms with Crippen LogP contribution in [0.1, 0.15) is 6.42 Å². The van der Waals surface area contributed by atoms with Crippen molar-refractivity contribution in [2.45, 2.75) is 12.0 Å². The van der Waals surface area contributed by atoms with E-state index in [1.165, 1.54) is 22.9 Å². The summed E-state index contributed by atoms with van der Waals surface area (Å²) in [5, 5.41) is 7.19. The number of thioether (sulfide) groups is 1. The van der Waals surface area contributed by atoms with Crippen LogP contribution in [0.2, 0.25) is 0 Å². The SMILES string of the molecule is CN=C(NCC1(N(C)C)CCSC1)N1CCN(c2cccs2)CC1.I. The van der Waals surface area contributed by atoms with E-state index < -0.39 is 0 Å². The Kier molecular flexibility index (Phi) is 8.16. The number of hydrogen-bond acceptors (Lipinski definition) is 5. The lowest BCUT2D eigenvalue weighted by atomic mass is 9.97. The number of hydrogen-bond donors (Lipinski definition) is 1. The third kappa shape index (κ3) is 4.95. The van der Waals surface area contributed by atoms with Gasteiger partial charge < -0.3 is 20.0 Å². The second-order valence-corrected chi connectivity index (χ2v) is 8.78. The summed E-state index contributed by atoms with van der Waals surface area (Å²) >= 11 is 3.89. The van der Waals surface area contributed by atoms with Crippen LogP contribution in [0.5, 0.6) is 0 Å². The molecule has 2 saturated heterocycles. The Morgan fingerprint density at radius 1 is 1.32 bits per heavy atom. The maximum absolute atomic E-state index is 4.54. The quantitative estimate of drug-likeness (QED) is 0.395. The lowest BCUT2D eigenvalue weighted by Crippen LogP contribution is -2.57. The summed E-state index contributed by atoms with van der Waals surface area (Å²) in [5.74, 6) is 3.52. The van der Waals surface area contributed by atoms with Gasteiger partial charge in [0, 0.05) is 51.1 Å². The van der Waals surface area contributed by atoms with Gasteiger partial charge in [0.2, 0.25) is 0 Å². The zero-order valence-electron chi connectivity index (χ0n) is 15.4. The van der Waals surface area contributed by atoms with Gasteiger partial charge in [-0.05, 0) is 43.8 Å². The largest absolute Gasteiger partial charge is 0.360 e. The molecule has 1 unspecified atom stereocenters. The first-order valence-electron chi connectivity index (χ1n) is 8.64. The third-order valence-corrected chi connectivity index (χ3v) is 7.38. The number of halogens is 1. The Hall–Kier alpha value is -0.190. The molecule has 0 aromatic carbocycles. The van der Waals surface area contributed by atoms with Crippen LogP contribution in [0.4, 0.5) is 5.00 Å². The highest BCUT2D eigenvalue weighted by atomic mass is 127. The molecule has 0 spiro atoms. The fourth-order valence-electron chi connectivity index (χ4n) is 3.41. The van der Waals surface area contributed by atoms with Crippen molar-refractivity contribution in [3.63, 3.8) is 0 Å². The average molecular weight is 496 g/mol. The predicted molar refractivity (Wildman–Crippen MR) is 123 cm³/mol. The van der Waals surface area contributed by atoms with Gasteiger partial charge in [-0.1, -0.05) is 0 Å². The summed E-state index contributed by atoms with van der Waals surface area (Å²) in [6.07, 6.45) is 1.25. The van der Waals surface area contributed by atoms with E-state index in [4.69, 9.17) is 0 Å². The summed E-state index contributed by atoms with van der Waals surface area (Å²) < 4.78 is 0. The number of nitrogens with zero attached hydrogens (tertiary/aromatic N) is 4. The van der Waals surface area contributed by atoms with E-state index in [0.29, 0.717) is 0 Å². The van der Waals surface area contributed by atoms with E-state index in [0.717, 1.165) is 38.7 Å². The monoisotopic (exact) mass is 495 g/mol. The second kappa shape index (κ2) is 9.66. The van der Waals surface area contributed by atoms with Gasteiger partial charge in [-0.15, -0.1) is 35.3 Å². The van der Waals surface area contributed by atoms with Gasteiger partial charge in [-0.3, -0.25) is 4.99 Å². The summed E-state index contributed by atoms with van der Waals surface area (Å²) in [4.78, 5) is 11.8. The molecule has 2 fully saturated rings. The van der Waals surface area contributed by atoms with Crippen LogP contribution in [0.3, 0.4) is 0 Å². The van der Waals surface area contributed by atoms with Gasteiger partial charge in [-0.2, -0.15) is 11.8 Å². The van der Waals surface area contributed by atoms with E-state index in [2.05, 4.69) is 68.4 Å². The number of likely N-dealkylation sites (N-methyl/N-ethyl adjacent to an activating group) is 1. The molecule has 2 aliphatic heterocycles. The molecule has 0 amide bonds. The molecular weight excluding hydrogens is 465 g/mol. The molecule has 0 radical (unpaired) electrons. The molecule has 0 bridgehead atoms. The fourth-order valence-corrected chi connectivity index (χ4v) is 5.75. The first-order chi connectivity index (χ1) is 11.6. The highest BCUT2D eigenvalue weighted by molar-refractivity contribution is 14.0. The van der Waals surface area contributed by atoms with E-state index >= 15 is 0 Å². The minimum Gasteiger partial charge on any atom is -0.360 e.